The molecule has 0 radical (unpaired) electrons. The minimum atomic E-state index is -0.565. The van der Waals surface area contributed by atoms with Crippen LogP contribution in [-0.4, -0.2) is 23.5 Å². The number of nitro groups is 1. The van der Waals surface area contributed by atoms with Gasteiger partial charge in [0, 0.05) is 12.1 Å². The first-order chi connectivity index (χ1) is 8.47. The number of carbonyl (C=O) groups is 1. The van der Waals surface area contributed by atoms with Crippen molar-refractivity contribution in [2.24, 2.45) is 0 Å². The van der Waals surface area contributed by atoms with Crippen LogP contribution in [0.3, 0.4) is 0 Å². The third-order valence-electron chi connectivity index (χ3n) is 2.17. The van der Waals surface area contributed by atoms with E-state index in [1.807, 2.05) is 13.8 Å². The van der Waals surface area contributed by atoms with Crippen LogP contribution in [-0.2, 0) is 4.74 Å². The molecule has 0 spiro atoms. The summed E-state index contributed by atoms with van der Waals surface area (Å²) >= 11 is 0. The quantitative estimate of drug-likeness (QED) is 0.495. The summed E-state index contributed by atoms with van der Waals surface area (Å²) in [5.41, 5.74) is 0.255. The van der Waals surface area contributed by atoms with Crippen molar-refractivity contribution < 1.29 is 14.5 Å². The molecule has 1 rings (SSSR count). The number of nitro benzene ring substituents is 1. The Bertz CT molecular complexity index is 457. The average molecular weight is 252 g/mol. The van der Waals surface area contributed by atoms with E-state index in [0.29, 0.717) is 0 Å². The summed E-state index contributed by atoms with van der Waals surface area (Å²) in [7, 11) is 0. The Hall–Kier alpha value is -2.11. The number of hydrogen-bond acceptors (Lipinski definition) is 5. The molecule has 18 heavy (non-hydrogen) atoms. The van der Waals surface area contributed by atoms with Gasteiger partial charge in [-0.1, -0.05) is 6.07 Å². The molecule has 0 unspecified atom stereocenters. The zero-order valence-corrected chi connectivity index (χ0v) is 10.6. The zero-order chi connectivity index (χ0) is 13.7. The maximum Gasteiger partial charge on any atom is 0.340 e. The van der Waals surface area contributed by atoms with Gasteiger partial charge in [-0.05, 0) is 26.8 Å². The summed E-state index contributed by atoms with van der Waals surface area (Å²) in [6.45, 7) is 5.59. The van der Waals surface area contributed by atoms with Crippen LogP contribution in [0.1, 0.15) is 31.1 Å². The van der Waals surface area contributed by atoms with Crippen LogP contribution in [0.4, 0.5) is 11.4 Å². The molecule has 0 heterocycles. The van der Waals surface area contributed by atoms with Crippen molar-refractivity contribution in [3.63, 3.8) is 0 Å². The Morgan fingerprint density at radius 3 is 2.67 bits per heavy atom. The van der Waals surface area contributed by atoms with Crippen molar-refractivity contribution in [1.29, 1.82) is 0 Å². The Morgan fingerprint density at radius 2 is 2.17 bits per heavy atom. The topological polar surface area (TPSA) is 81.5 Å². The number of para-hydroxylation sites is 1. The van der Waals surface area contributed by atoms with Crippen molar-refractivity contribution in [1.82, 2.24) is 0 Å². The monoisotopic (exact) mass is 252 g/mol. The molecular weight excluding hydrogens is 236 g/mol. The summed E-state index contributed by atoms with van der Waals surface area (Å²) in [6.07, 6.45) is 0. The molecule has 0 fully saturated rings. The Labute approximate surface area is 105 Å². The van der Waals surface area contributed by atoms with E-state index in [2.05, 4.69) is 5.32 Å². The van der Waals surface area contributed by atoms with Gasteiger partial charge in [0.25, 0.3) is 5.69 Å². The number of benzene rings is 1. The second-order valence-corrected chi connectivity index (χ2v) is 3.98. The molecule has 0 aliphatic rings. The lowest BCUT2D eigenvalue weighted by molar-refractivity contribution is -0.384. The smallest absolute Gasteiger partial charge is 0.340 e. The predicted octanol–water partition coefficient (Wildman–Crippen LogP) is 2.59. The molecule has 0 amide bonds. The molecule has 0 saturated heterocycles. The molecule has 6 nitrogen and oxygen atoms in total. The highest BCUT2D eigenvalue weighted by molar-refractivity contribution is 5.98. The maximum atomic E-state index is 11.7. The minimum Gasteiger partial charge on any atom is -0.462 e. The van der Waals surface area contributed by atoms with E-state index >= 15 is 0 Å². The number of carbonyl (C=O) groups excluding carboxylic acids is 1. The standard InChI is InChI=1S/C12H16N2O4/c1-4-18-12(15)9-6-5-7-10(14(16)17)11(9)13-8(2)3/h5-8,13H,4H2,1-3H3. The normalized spacial score (nSPS) is 10.2. The molecule has 1 N–H and O–H groups in total. The third kappa shape index (κ3) is 3.19. The molecule has 1 aromatic carbocycles. The number of nitrogens with zero attached hydrogens (tertiary/aromatic N) is 1. The molecule has 0 atom stereocenters. The summed E-state index contributed by atoms with van der Waals surface area (Å²) in [4.78, 5) is 22.2. The van der Waals surface area contributed by atoms with Crippen LogP contribution in [0.15, 0.2) is 18.2 Å². The van der Waals surface area contributed by atoms with Gasteiger partial charge in [-0.15, -0.1) is 0 Å². The van der Waals surface area contributed by atoms with Gasteiger partial charge in [0.2, 0.25) is 0 Å². The van der Waals surface area contributed by atoms with Crippen molar-refractivity contribution in [2.45, 2.75) is 26.8 Å². The lowest BCUT2D eigenvalue weighted by Crippen LogP contribution is -2.16. The molecule has 0 saturated carbocycles. The number of anilines is 1. The SMILES string of the molecule is CCOC(=O)c1cccc([N+](=O)[O-])c1NC(C)C. The van der Waals surface area contributed by atoms with E-state index in [0.717, 1.165) is 0 Å². The van der Waals surface area contributed by atoms with Crippen molar-refractivity contribution in [3.05, 3.63) is 33.9 Å². The van der Waals surface area contributed by atoms with Gasteiger partial charge in [-0.25, -0.2) is 4.79 Å². The zero-order valence-electron chi connectivity index (χ0n) is 10.6. The first kappa shape index (κ1) is 14.0. The van der Waals surface area contributed by atoms with Gasteiger partial charge in [0.15, 0.2) is 0 Å². The molecule has 0 aliphatic heterocycles. The minimum absolute atomic E-state index is 0.0284. The summed E-state index contributed by atoms with van der Waals surface area (Å²) < 4.78 is 4.88. The molecule has 98 valence electrons. The van der Waals surface area contributed by atoms with E-state index < -0.39 is 10.9 Å². The van der Waals surface area contributed by atoms with Crippen molar-refractivity contribution in [3.8, 4) is 0 Å². The number of rotatable bonds is 5. The van der Waals surface area contributed by atoms with Crippen LogP contribution < -0.4 is 5.32 Å². The van der Waals surface area contributed by atoms with Crippen molar-refractivity contribution >= 4 is 17.3 Å². The second kappa shape index (κ2) is 6.00. The van der Waals surface area contributed by atoms with Gasteiger partial charge in [-0.3, -0.25) is 10.1 Å². The second-order valence-electron chi connectivity index (χ2n) is 3.98. The first-order valence-electron chi connectivity index (χ1n) is 5.68. The fourth-order valence-electron chi connectivity index (χ4n) is 1.51. The van der Waals surface area contributed by atoms with Crippen molar-refractivity contribution in [2.75, 3.05) is 11.9 Å². The summed E-state index contributed by atoms with van der Waals surface area (Å²) in [5, 5.41) is 13.9. The Balaban J connectivity index is 3.27. The van der Waals surface area contributed by atoms with Gasteiger partial charge < -0.3 is 10.1 Å². The molecule has 0 aliphatic carbocycles. The maximum absolute atomic E-state index is 11.7. The van der Waals surface area contributed by atoms with Crippen LogP contribution in [0.25, 0.3) is 0 Å². The molecule has 0 bridgehead atoms. The highest BCUT2D eigenvalue weighted by Gasteiger charge is 2.22. The lowest BCUT2D eigenvalue weighted by Gasteiger charge is -2.14. The fraction of sp³-hybridized carbons (Fsp3) is 0.417. The Morgan fingerprint density at radius 1 is 1.50 bits per heavy atom. The highest BCUT2D eigenvalue weighted by atomic mass is 16.6. The van der Waals surface area contributed by atoms with Crippen LogP contribution in [0.2, 0.25) is 0 Å². The largest absolute Gasteiger partial charge is 0.462 e. The summed E-state index contributed by atoms with van der Waals surface area (Å²) in [6, 6.07) is 4.30. The fourth-order valence-corrected chi connectivity index (χ4v) is 1.51. The van der Waals surface area contributed by atoms with E-state index in [9.17, 15) is 14.9 Å². The highest BCUT2D eigenvalue weighted by Crippen LogP contribution is 2.29. The van der Waals surface area contributed by atoms with E-state index in [-0.39, 0.29) is 29.6 Å². The Kier molecular flexibility index (Phi) is 4.65. The summed E-state index contributed by atoms with van der Waals surface area (Å²) in [5.74, 6) is -0.565. The first-order valence-corrected chi connectivity index (χ1v) is 5.68. The van der Waals surface area contributed by atoms with E-state index in [1.165, 1.54) is 18.2 Å². The molecule has 1 aromatic rings. The molecule has 6 heteroatoms. The number of esters is 1. The van der Waals surface area contributed by atoms with Gasteiger partial charge in [0.05, 0.1) is 17.1 Å². The average Bonchev–Trinajstić information content (AvgIpc) is 2.28. The van der Waals surface area contributed by atoms with Crippen LogP contribution in [0.5, 0.6) is 0 Å². The van der Waals surface area contributed by atoms with Gasteiger partial charge in [-0.2, -0.15) is 0 Å². The number of hydrogen-bond donors (Lipinski definition) is 1. The lowest BCUT2D eigenvalue weighted by atomic mass is 10.1. The van der Waals surface area contributed by atoms with Crippen LogP contribution >= 0.6 is 0 Å². The van der Waals surface area contributed by atoms with Crippen LogP contribution in [0, 0.1) is 10.1 Å². The van der Waals surface area contributed by atoms with E-state index in [1.54, 1.807) is 6.92 Å². The van der Waals surface area contributed by atoms with Gasteiger partial charge in [0.1, 0.15) is 5.69 Å². The number of ether oxygens (including phenoxy) is 1. The van der Waals surface area contributed by atoms with Gasteiger partial charge >= 0.3 is 5.97 Å². The third-order valence-corrected chi connectivity index (χ3v) is 2.17. The molecule has 0 aromatic heterocycles. The predicted molar refractivity (Wildman–Crippen MR) is 67.8 cm³/mol. The molecular formula is C12H16N2O4. The van der Waals surface area contributed by atoms with E-state index in [4.69, 9.17) is 4.74 Å². The number of nitrogens with one attached hydrogen (secondary N) is 1.